The van der Waals surface area contributed by atoms with E-state index < -0.39 is 10.0 Å². The molecule has 0 heterocycles. The Kier molecular flexibility index (Phi) is 4.79. The summed E-state index contributed by atoms with van der Waals surface area (Å²) in [5.41, 5.74) is 0. The Labute approximate surface area is 100 Å². The predicted molar refractivity (Wildman–Crippen MR) is 65.1 cm³/mol. The average molecular weight is 261 g/mol. The Balaban J connectivity index is 3.11. The second-order valence-electron chi connectivity index (χ2n) is 3.27. The average Bonchev–Trinajstić information content (AvgIpc) is 2.29. The van der Waals surface area contributed by atoms with E-state index in [0.29, 0.717) is 4.90 Å². The number of thioether (sulfide) groups is 1. The highest BCUT2D eigenvalue weighted by atomic mass is 32.2. The zero-order chi connectivity index (χ0) is 12.2. The molecule has 2 N–H and O–H groups in total. The first-order valence-electron chi connectivity index (χ1n) is 4.81. The summed E-state index contributed by atoms with van der Waals surface area (Å²) in [5, 5.41) is 8.93. The minimum Gasteiger partial charge on any atom is -0.395 e. The minimum absolute atomic E-state index is 0.0125. The van der Waals surface area contributed by atoms with Crippen molar-refractivity contribution in [1.29, 1.82) is 0 Å². The van der Waals surface area contributed by atoms with E-state index in [9.17, 15) is 8.42 Å². The van der Waals surface area contributed by atoms with Gasteiger partial charge in [0.25, 0.3) is 0 Å². The molecule has 16 heavy (non-hydrogen) atoms. The Morgan fingerprint density at radius 2 is 2.06 bits per heavy atom. The smallest absolute Gasteiger partial charge is 0.241 e. The van der Waals surface area contributed by atoms with Crippen LogP contribution < -0.4 is 4.72 Å². The molecule has 1 aromatic carbocycles. The van der Waals surface area contributed by atoms with Crippen LogP contribution in [0.15, 0.2) is 34.1 Å². The van der Waals surface area contributed by atoms with Crippen LogP contribution in [0.1, 0.15) is 6.92 Å². The van der Waals surface area contributed by atoms with Crippen molar-refractivity contribution in [3.63, 3.8) is 0 Å². The summed E-state index contributed by atoms with van der Waals surface area (Å²) in [6.07, 6.45) is 0. The molecule has 1 rings (SSSR count). The third-order valence-corrected chi connectivity index (χ3v) is 4.76. The summed E-state index contributed by atoms with van der Waals surface area (Å²) in [5.74, 6) is 0. The fourth-order valence-corrected chi connectivity index (χ4v) is 3.27. The third kappa shape index (κ3) is 3.21. The largest absolute Gasteiger partial charge is 0.395 e. The Bertz CT molecular complexity index is 445. The number of hydrogen-bond donors (Lipinski definition) is 2. The molecule has 0 spiro atoms. The van der Waals surface area contributed by atoms with Crippen molar-refractivity contribution < 1.29 is 13.5 Å². The summed E-state index contributed by atoms with van der Waals surface area (Å²) >= 11 is 1.34. The molecule has 90 valence electrons. The molecule has 0 radical (unpaired) electrons. The topological polar surface area (TPSA) is 66.4 Å². The Morgan fingerprint density at radius 3 is 2.62 bits per heavy atom. The lowest BCUT2D eigenvalue weighted by Gasteiger charge is -2.12. The number of rotatable bonds is 5. The molecule has 0 saturated heterocycles. The van der Waals surface area contributed by atoms with Gasteiger partial charge in [-0.3, -0.25) is 0 Å². The fourth-order valence-electron chi connectivity index (χ4n) is 1.13. The lowest BCUT2D eigenvalue weighted by Crippen LogP contribution is -2.19. The fraction of sp³-hybridized carbons (Fsp3) is 0.400. The molecule has 1 unspecified atom stereocenters. The molecule has 4 nitrogen and oxygen atoms in total. The van der Waals surface area contributed by atoms with Gasteiger partial charge in [0, 0.05) is 10.1 Å². The second kappa shape index (κ2) is 5.67. The van der Waals surface area contributed by atoms with Gasteiger partial charge in [-0.2, -0.15) is 0 Å². The second-order valence-corrected chi connectivity index (χ2v) is 6.60. The lowest BCUT2D eigenvalue weighted by atomic mass is 10.4. The van der Waals surface area contributed by atoms with E-state index in [1.807, 2.05) is 6.92 Å². The number of benzene rings is 1. The van der Waals surface area contributed by atoms with E-state index in [1.165, 1.54) is 18.8 Å². The quantitative estimate of drug-likeness (QED) is 0.778. The van der Waals surface area contributed by atoms with Crippen molar-refractivity contribution in [2.45, 2.75) is 22.0 Å². The molecule has 1 atom stereocenters. The van der Waals surface area contributed by atoms with Crippen molar-refractivity contribution in [3.8, 4) is 0 Å². The van der Waals surface area contributed by atoms with Crippen molar-refractivity contribution in [3.05, 3.63) is 24.3 Å². The van der Waals surface area contributed by atoms with Crippen molar-refractivity contribution in [2.75, 3.05) is 13.7 Å². The van der Waals surface area contributed by atoms with Crippen LogP contribution in [-0.4, -0.2) is 32.4 Å². The molecule has 0 aliphatic carbocycles. The van der Waals surface area contributed by atoms with Crippen LogP contribution in [0, 0.1) is 0 Å². The number of sulfonamides is 1. The van der Waals surface area contributed by atoms with Crippen molar-refractivity contribution >= 4 is 21.8 Å². The van der Waals surface area contributed by atoms with Crippen LogP contribution in [0.2, 0.25) is 0 Å². The maximum Gasteiger partial charge on any atom is 0.241 e. The van der Waals surface area contributed by atoms with Gasteiger partial charge in [-0.05, 0) is 19.2 Å². The molecule has 0 aliphatic heterocycles. The van der Waals surface area contributed by atoms with E-state index >= 15 is 0 Å². The molecular weight excluding hydrogens is 246 g/mol. The van der Waals surface area contributed by atoms with Gasteiger partial charge in [0.05, 0.1) is 11.5 Å². The summed E-state index contributed by atoms with van der Waals surface area (Å²) < 4.78 is 25.7. The van der Waals surface area contributed by atoms with Gasteiger partial charge in [-0.25, -0.2) is 13.1 Å². The van der Waals surface area contributed by atoms with Crippen LogP contribution in [0.3, 0.4) is 0 Å². The van der Waals surface area contributed by atoms with Gasteiger partial charge >= 0.3 is 0 Å². The molecule has 0 bridgehead atoms. The van der Waals surface area contributed by atoms with Crippen LogP contribution in [-0.2, 0) is 10.0 Å². The minimum atomic E-state index is -3.44. The van der Waals surface area contributed by atoms with Crippen LogP contribution in [0.5, 0.6) is 0 Å². The third-order valence-electron chi connectivity index (χ3n) is 1.99. The highest BCUT2D eigenvalue weighted by Crippen LogP contribution is 2.29. The highest BCUT2D eigenvalue weighted by molar-refractivity contribution is 8.00. The number of nitrogens with one attached hydrogen (secondary N) is 1. The van der Waals surface area contributed by atoms with Crippen molar-refractivity contribution in [2.24, 2.45) is 0 Å². The van der Waals surface area contributed by atoms with Gasteiger partial charge in [0.15, 0.2) is 0 Å². The van der Waals surface area contributed by atoms with Gasteiger partial charge in [-0.1, -0.05) is 19.1 Å². The number of hydrogen-bond acceptors (Lipinski definition) is 4. The normalized spacial score (nSPS) is 13.7. The van der Waals surface area contributed by atoms with Gasteiger partial charge < -0.3 is 5.11 Å². The first-order chi connectivity index (χ1) is 7.51. The van der Waals surface area contributed by atoms with Gasteiger partial charge in [0.1, 0.15) is 0 Å². The monoisotopic (exact) mass is 261 g/mol. The Hall–Kier alpha value is -0.560. The molecule has 0 aliphatic rings. The maximum absolute atomic E-state index is 11.7. The van der Waals surface area contributed by atoms with Gasteiger partial charge in [-0.15, -0.1) is 11.8 Å². The molecular formula is C10H15NO3S2. The lowest BCUT2D eigenvalue weighted by molar-refractivity contribution is 0.300. The summed E-state index contributed by atoms with van der Waals surface area (Å²) in [6, 6.07) is 6.75. The molecule has 0 saturated carbocycles. The number of aliphatic hydroxyl groups is 1. The zero-order valence-corrected chi connectivity index (χ0v) is 10.8. The number of aliphatic hydroxyl groups excluding tert-OH is 1. The van der Waals surface area contributed by atoms with Crippen molar-refractivity contribution in [1.82, 2.24) is 4.72 Å². The molecule has 1 aromatic rings. The van der Waals surface area contributed by atoms with Gasteiger partial charge in [0.2, 0.25) is 10.0 Å². The SMILES string of the molecule is CNS(=O)(=O)c1ccccc1SC(C)CO. The molecule has 6 heteroatoms. The van der Waals surface area contributed by atoms with Crippen LogP contribution >= 0.6 is 11.8 Å². The molecule has 0 fully saturated rings. The maximum atomic E-state index is 11.7. The molecule has 0 aromatic heterocycles. The summed E-state index contributed by atoms with van der Waals surface area (Å²) in [6.45, 7) is 1.85. The first-order valence-corrected chi connectivity index (χ1v) is 7.17. The molecule has 0 amide bonds. The first kappa shape index (κ1) is 13.5. The van der Waals surface area contributed by atoms with E-state index in [4.69, 9.17) is 5.11 Å². The highest BCUT2D eigenvalue weighted by Gasteiger charge is 2.17. The van der Waals surface area contributed by atoms with Crippen LogP contribution in [0.25, 0.3) is 0 Å². The van der Waals surface area contributed by atoms with Crippen LogP contribution in [0.4, 0.5) is 0 Å². The predicted octanol–water partition coefficient (Wildman–Crippen LogP) is 1.07. The summed E-state index contributed by atoms with van der Waals surface area (Å²) in [7, 11) is -2.05. The van der Waals surface area contributed by atoms with E-state index in [-0.39, 0.29) is 16.8 Å². The zero-order valence-electron chi connectivity index (χ0n) is 9.17. The summed E-state index contributed by atoms with van der Waals surface area (Å²) in [4.78, 5) is 0.904. The Morgan fingerprint density at radius 1 is 1.44 bits per heavy atom. The van der Waals surface area contributed by atoms with E-state index in [0.717, 1.165) is 0 Å². The standard InChI is InChI=1S/C10H15NO3S2/c1-8(7-12)15-9-5-3-4-6-10(9)16(13,14)11-2/h3-6,8,11-12H,7H2,1-2H3. The van der Waals surface area contributed by atoms with E-state index in [1.54, 1.807) is 24.3 Å². The van der Waals surface area contributed by atoms with E-state index in [2.05, 4.69) is 4.72 Å².